The Morgan fingerprint density at radius 2 is 1.94 bits per heavy atom. The summed E-state index contributed by atoms with van der Waals surface area (Å²) < 4.78 is 5.32. The Labute approximate surface area is 109 Å². The summed E-state index contributed by atoms with van der Waals surface area (Å²) in [5.41, 5.74) is 2.94. The van der Waals surface area contributed by atoms with E-state index in [4.69, 9.17) is 4.43 Å². The van der Waals surface area contributed by atoms with Crippen LogP contribution in [0.5, 0.6) is 0 Å². The van der Waals surface area contributed by atoms with Crippen LogP contribution in [0.15, 0.2) is 24.3 Å². The van der Waals surface area contributed by atoms with Gasteiger partial charge in [0.2, 0.25) is 10.5 Å². The summed E-state index contributed by atoms with van der Waals surface area (Å²) >= 11 is 0. The van der Waals surface area contributed by atoms with Crippen molar-refractivity contribution in [1.29, 1.82) is 0 Å². The zero-order valence-electron chi connectivity index (χ0n) is 11.2. The summed E-state index contributed by atoms with van der Waals surface area (Å²) in [4.78, 5) is 0. The topological polar surface area (TPSA) is 9.23 Å². The van der Waals surface area contributed by atoms with Crippen molar-refractivity contribution in [1.82, 2.24) is 0 Å². The highest BCUT2D eigenvalue weighted by atomic mass is 28.2. The number of hydrogen-bond acceptors (Lipinski definition) is 1. The summed E-state index contributed by atoms with van der Waals surface area (Å²) in [6.07, 6.45) is 5.00. The number of unbranched alkanes of at least 4 members (excludes halogenated alkanes) is 1. The van der Waals surface area contributed by atoms with Gasteiger partial charge in [-0.05, 0) is 37.3 Å². The summed E-state index contributed by atoms with van der Waals surface area (Å²) in [5, 5.41) is 0. The number of rotatable bonds is 7. The Morgan fingerprint density at radius 1 is 1.24 bits per heavy atom. The molecule has 1 nitrogen and oxygen atoms in total. The Morgan fingerprint density at radius 3 is 2.53 bits per heavy atom. The molecule has 2 heteroatoms. The van der Waals surface area contributed by atoms with Gasteiger partial charge in [0.15, 0.2) is 0 Å². The van der Waals surface area contributed by atoms with E-state index in [0.717, 1.165) is 6.42 Å². The third-order valence-electron chi connectivity index (χ3n) is 3.45. The van der Waals surface area contributed by atoms with Crippen molar-refractivity contribution in [2.45, 2.75) is 58.5 Å². The molecule has 1 aromatic carbocycles. The second-order valence-corrected chi connectivity index (χ2v) is 4.88. The van der Waals surface area contributed by atoms with Gasteiger partial charge in [0.05, 0.1) is 0 Å². The maximum absolute atomic E-state index is 5.32. The van der Waals surface area contributed by atoms with Crippen molar-refractivity contribution < 1.29 is 4.43 Å². The van der Waals surface area contributed by atoms with Gasteiger partial charge in [-0.25, -0.2) is 0 Å². The average Bonchev–Trinajstić information content (AvgIpc) is 2.38. The molecule has 0 aliphatic rings. The van der Waals surface area contributed by atoms with Gasteiger partial charge >= 0.3 is 0 Å². The molecule has 2 unspecified atom stereocenters. The minimum absolute atomic E-state index is 0.208. The van der Waals surface area contributed by atoms with Gasteiger partial charge in [-0.3, -0.25) is 0 Å². The molecular formula is C15H23OSi. The molecule has 93 valence electrons. The molecule has 0 heterocycles. The Hall–Kier alpha value is -0.603. The molecule has 0 N–H and O–H groups in total. The summed E-state index contributed by atoms with van der Waals surface area (Å²) in [6.45, 7) is 6.59. The molecule has 17 heavy (non-hydrogen) atoms. The van der Waals surface area contributed by atoms with Crippen molar-refractivity contribution in [3.8, 4) is 0 Å². The van der Waals surface area contributed by atoms with Gasteiger partial charge in [0, 0.05) is 12.0 Å². The Bertz CT molecular complexity index is 324. The molecule has 3 radical (unpaired) electrons. The molecular weight excluding hydrogens is 224 g/mol. The van der Waals surface area contributed by atoms with Crippen LogP contribution in [-0.4, -0.2) is 16.6 Å². The highest BCUT2D eigenvalue weighted by Crippen LogP contribution is 2.28. The molecule has 0 saturated carbocycles. The van der Waals surface area contributed by atoms with Crippen LogP contribution in [0.4, 0.5) is 0 Å². The standard InChI is InChI=1S/C15H23OSi/c1-4-6-9-13-10-7-8-11-15(13)14(5-2)12(3)16-17/h7-8,10-12,14H,4-6,9H2,1-3H3. The molecule has 2 atom stereocenters. The second-order valence-electron chi connectivity index (χ2n) is 4.64. The van der Waals surface area contributed by atoms with E-state index in [2.05, 4.69) is 55.5 Å². The fourth-order valence-corrected chi connectivity index (χ4v) is 2.54. The first-order chi connectivity index (χ1) is 8.24. The van der Waals surface area contributed by atoms with Gasteiger partial charge in [-0.15, -0.1) is 0 Å². The normalized spacial score (nSPS) is 14.6. The minimum Gasteiger partial charge on any atom is -0.415 e. The van der Waals surface area contributed by atoms with E-state index in [1.54, 1.807) is 0 Å². The fourth-order valence-electron chi connectivity index (χ4n) is 2.38. The first kappa shape index (κ1) is 14.5. The monoisotopic (exact) mass is 247 g/mol. The lowest BCUT2D eigenvalue weighted by molar-refractivity contribution is 0.203. The highest BCUT2D eigenvalue weighted by molar-refractivity contribution is 5.98. The highest BCUT2D eigenvalue weighted by Gasteiger charge is 2.19. The number of benzene rings is 1. The number of aryl methyl sites for hydroxylation is 1. The Kier molecular flexibility index (Phi) is 6.52. The second kappa shape index (κ2) is 7.67. The van der Waals surface area contributed by atoms with E-state index in [1.165, 1.54) is 30.4 Å². The van der Waals surface area contributed by atoms with Crippen molar-refractivity contribution in [2.75, 3.05) is 0 Å². The molecule has 1 rings (SSSR count). The zero-order valence-corrected chi connectivity index (χ0v) is 12.2. The molecule has 0 fully saturated rings. The summed E-state index contributed by atoms with van der Waals surface area (Å²) in [6, 6.07) is 8.78. The molecule has 1 aromatic rings. The zero-order chi connectivity index (χ0) is 12.7. The first-order valence-electron chi connectivity index (χ1n) is 6.64. The van der Waals surface area contributed by atoms with Crippen LogP contribution in [0.25, 0.3) is 0 Å². The average molecular weight is 247 g/mol. The van der Waals surface area contributed by atoms with Crippen molar-refractivity contribution in [3.05, 3.63) is 35.4 Å². The van der Waals surface area contributed by atoms with E-state index in [-0.39, 0.29) is 6.10 Å². The van der Waals surface area contributed by atoms with Gasteiger partial charge in [0.25, 0.3) is 0 Å². The predicted molar refractivity (Wildman–Crippen MR) is 74.4 cm³/mol. The molecule has 0 bridgehead atoms. The largest absolute Gasteiger partial charge is 0.415 e. The minimum atomic E-state index is 0.208. The van der Waals surface area contributed by atoms with E-state index in [1.807, 2.05) is 0 Å². The number of hydrogen-bond donors (Lipinski definition) is 0. The van der Waals surface area contributed by atoms with E-state index in [9.17, 15) is 0 Å². The Balaban J connectivity index is 2.93. The molecule has 0 amide bonds. The molecule has 0 saturated heterocycles. The van der Waals surface area contributed by atoms with Gasteiger partial charge in [-0.2, -0.15) is 0 Å². The summed E-state index contributed by atoms with van der Waals surface area (Å²) in [7, 11) is 3.18. The SMILES string of the molecule is CCCCc1ccccc1C(CC)C(C)O[Si]. The van der Waals surface area contributed by atoms with Crippen molar-refractivity contribution in [3.63, 3.8) is 0 Å². The van der Waals surface area contributed by atoms with Crippen LogP contribution < -0.4 is 0 Å². The fraction of sp³-hybridized carbons (Fsp3) is 0.600. The molecule has 0 aromatic heterocycles. The maximum atomic E-state index is 5.32. The van der Waals surface area contributed by atoms with Crippen LogP contribution in [-0.2, 0) is 10.8 Å². The van der Waals surface area contributed by atoms with Gasteiger partial charge < -0.3 is 4.43 Å². The van der Waals surface area contributed by atoms with Gasteiger partial charge in [0.1, 0.15) is 0 Å². The molecule has 0 spiro atoms. The van der Waals surface area contributed by atoms with Crippen molar-refractivity contribution in [2.24, 2.45) is 0 Å². The molecule has 0 aliphatic heterocycles. The van der Waals surface area contributed by atoms with Crippen LogP contribution in [0.3, 0.4) is 0 Å². The van der Waals surface area contributed by atoms with Crippen LogP contribution in [0.2, 0.25) is 0 Å². The maximum Gasteiger partial charge on any atom is 0.246 e. The smallest absolute Gasteiger partial charge is 0.246 e. The van der Waals surface area contributed by atoms with E-state index < -0.39 is 0 Å². The predicted octanol–water partition coefficient (Wildman–Crippen LogP) is 4.01. The van der Waals surface area contributed by atoms with Crippen molar-refractivity contribution >= 4 is 10.5 Å². The lowest BCUT2D eigenvalue weighted by Gasteiger charge is -2.24. The third kappa shape index (κ3) is 3.97. The van der Waals surface area contributed by atoms with E-state index in [0.29, 0.717) is 5.92 Å². The quantitative estimate of drug-likeness (QED) is 0.661. The van der Waals surface area contributed by atoms with Crippen LogP contribution in [0, 0.1) is 0 Å². The lowest BCUT2D eigenvalue weighted by Crippen LogP contribution is -2.18. The third-order valence-corrected chi connectivity index (χ3v) is 3.82. The van der Waals surface area contributed by atoms with Crippen LogP contribution in [0.1, 0.15) is 57.1 Å². The molecule has 0 aliphatic carbocycles. The first-order valence-corrected chi connectivity index (χ1v) is 7.05. The van der Waals surface area contributed by atoms with Crippen LogP contribution >= 0.6 is 0 Å². The van der Waals surface area contributed by atoms with E-state index >= 15 is 0 Å². The van der Waals surface area contributed by atoms with Gasteiger partial charge in [-0.1, -0.05) is 44.5 Å². The summed E-state index contributed by atoms with van der Waals surface area (Å²) in [5.74, 6) is 0.473. The lowest BCUT2D eigenvalue weighted by atomic mass is 9.87.